The van der Waals surface area contributed by atoms with E-state index >= 15 is 0 Å². The van der Waals surface area contributed by atoms with Gasteiger partial charge in [-0.1, -0.05) is 31.5 Å². The second-order valence-electron chi connectivity index (χ2n) is 4.76. The van der Waals surface area contributed by atoms with E-state index in [0.29, 0.717) is 16.3 Å². The molecule has 0 aliphatic carbocycles. The van der Waals surface area contributed by atoms with Crippen LogP contribution in [0, 0.1) is 5.92 Å². The van der Waals surface area contributed by atoms with Gasteiger partial charge < -0.3 is 15.2 Å². The van der Waals surface area contributed by atoms with Crippen LogP contribution in [0.5, 0.6) is 5.75 Å². The first-order valence-corrected chi connectivity index (χ1v) is 6.57. The predicted octanol–water partition coefficient (Wildman–Crippen LogP) is 2.12. The highest BCUT2D eigenvalue weighted by atomic mass is 35.5. The Bertz CT molecular complexity index is 502. The maximum atomic E-state index is 11.9. The van der Waals surface area contributed by atoms with Crippen LogP contribution in [0.1, 0.15) is 19.4 Å². The van der Waals surface area contributed by atoms with Gasteiger partial charge in [-0.3, -0.25) is 4.79 Å². The number of carbonyl (C=O) groups excluding carboxylic acids is 1. The third kappa shape index (κ3) is 4.42. The molecule has 0 bridgehead atoms. The molecule has 0 fully saturated rings. The van der Waals surface area contributed by atoms with Gasteiger partial charge in [0.1, 0.15) is 11.8 Å². The molecule has 0 heterocycles. The van der Waals surface area contributed by atoms with Crippen LogP contribution in [0.25, 0.3) is 0 Å². The van der Waals surface area contributed by atoms with E-state index in [4.69, 9.17) is 21.4 Å². The summed E-state index contributed by atoms with van der Waals surface area (Å²) in [5.74, 6) is -1.01. The summed E-state index contributed by atoms with van der Waals surface area (Å²) in [6, 6.07) is 4.10. The summed E-state index contributed by atoms with van der Waals surface area (Å²) < 4.78 is 5.02. The largest absolute Gasteiger partial charge is 0.497 e. The van der Waals surface area contributed by atoms with E-state index in [1.807, 2.05) is 0 Å². The number of methoxy groups -OCH3 is 1. The second-order valence-corrected chi connectivity index (χ2v) is 5.17. The Morgan fingerprint density at radius 2 is 2.05 bits per heavy atom. The Balaban J connectivity index is 2.73. The van der Waals surface area contributed by atoms with Crippen LogP contribution in [0.15, 0.2) is 18.2 Å². The smallest absolute Gasteiger partial charge is 0.326 e. The molecule has 110 valence electrons. The Labute approximate surface area is 122 Å². The lowest BCUT2D eigenvalue weighted by Crippen LogP contribution is -2.44. The lowest BCUT2D eigenvalue weighted by Gasteiger charge is -2.18. The molecular weight excluding hydrogens is 282 g/mol. The van der Waals surface area contributed by atoms with Crippen molar-refractivity contribution in [2.24, 2.45) is 5.92 Å². The number of ether oxygens (including phenoxy) is 1. The molecule has 0 saturated heterocycles. The lowest BCUT2D eigenvalue weighted by atomic mass is 10.0. The van der Waals surface area contributed by atoms with E-state index in [-0.39, 0.29) is 18.2 Å². The summed E-state index contributed by atoms with van der Waals surface area (Å²) in [5, 5.41) is 11.9. The quantitative estimate of drug-likeness (QED) is 0.843. The van der Waals surface area contributed by atoms with Crippen molar-refractivity contribution < 1.29 is 19.4 Å². The highest BCUT2D eigenvalue weighted by molar-refractivity contribution is 6.31. The monoisotopic (exact) mass is 299 g/mol. The molecule has 2 N–H and O–H groups in total. The lowest BCUT2D eigenvalue weighted by molar-refractivity contribution is -0.143. The van der Waals surface area contributed by atoms with Gasteiger partial charge in [0.25, 0.3) is 0 Å². The molecule has 0 aliphatic heterocycles. The minimum Gasteiger partial charge on any atom is -0.497 e. The summed E-state index contributed by atoms with van der Waals surface area (Å²) in [6.07, 6.45) is 0.0271. The number of amides is 1. The molecule has 20 heavy (non-hydrogen) atoms. The van der Waals surface area contributed by atoms with E-state index < -0.39 is 12.0 Å². The number of hydrogen-bond donors (Lipinski definition) is 2. The zero-order valence-electron chi connectivity index (χ0n) is 11.6. The highest BCUT2D eigenvalue weighted by Crippen LogP contribution is 2.22. The van der Waals surface area contributed by atoms with Gasteiger partial charge in [-0.15, -0.1) is 0 Å². The van der Waals surface area contributed by atoms with Gasteiger partial charge in [-0.25, -0.2) is 4.79 Å². The Kier molecular flexibility index (Phi) is 5.82. The Morgan fingerprint density at radius 3 is 2.50 bits per heavy atom. The van der Waals surface area contributed by atoms with Crippen molar-refractivity contribution >= 4 is 23.5 Å². The maximum absolute atomic E-state index is 11.9. The second kappa shape index (κ2) is 7.14. The van der Waals surface area contributed by atoms with Gasteiger partial charge >= 0.3 is 5.97 Å². The third-order valence-corrected chi connectivity index (χ3v) is 3.21. The standard InChI is InChI=1S/C14H18ClNO4/c1-8(2)13(14(18)19)16-12(17)6-9-4-5-10(20-3)7-11(9)15/h4-5,7-8,13H,6H2,1-3H3,(H,16,17)(H,18,19). The SMILES string of the molecule is COc1ccc(CC(=O)NC(C(=O)O)C(C)C)c(Cl)c1. The van der Waals surface area contributed by atoms with Gasteiger partial charge in [0.2, 0.25) is 5.91 Å². The van der Waals surface area contributed by atoms with Crippen LogP contribution in [0.2, 0.25) is 5.02 Å². The van der Waals surface area contributed by atoms with Gasteiger partial charge in [-0.05, 0) is 23.6 Å². The summed E-state index contributed by atoms with van der Waals surface area (Å²) in [5.41, 5.74) is 0.623. The fourth-order valence-corrected chi connectivity index (χ4v) is 1.95. The molecule has 1 unspecified atom stereocenters. The number of benzene rings is 1. The number of nitrogens with one attached hydrogen (secondary N) is 1. The van der Waals surface area contributed by atoms with Crippen molar-refractivity contribution in [3.63, 3.8) is 0 Å². The normalized spacial score (nSPS) is 12.1. The summed E-state index contributed by atoms with van der Waals surface area (Å²) >= 11 is 6.04. The van der Waals surface area contributed by atoms with Gasteiger partial charge in [0.05, 0.1) is 13.5 Å². The first-order chi connectivity index (χ1) is 9.35. The van der Waals surface area contributed by atoms with Crippen molar-refractivity contribution in [3.8, 4) is 5.75 Å². The number of carboxylic acids is 1. The van der Waals surface area contributed by atoms with Crippen molar-refractivity contribution in [1.82, 2.24) is 5.32 Å². The number of hydrogen-bond acceptors (Lipinski definition) is 3. The van der Waals surface area contributed by atoms with Crippen LogP contribution in [-0.2, 0) is 16.0 Å². The fourth-order valence-electron chi connectivity index (χ4n) is 1.71. The van der Waals surface area contributed by atoms with E-state index in [1.165, 1.54) is 7.11 Å². The van der Waals surface area contributed by atoms with E-state index in [1.54, 1.807) is 32.0 Å². The van der Waals surface area contributed by atoms with Crippen LogP contribution in [0.3, 0.4) is 0 Å². The molecule has 0 radical (unpaired) electrons. The molecule has 1 aromatic carbocycles. The van der Waals surface area contributed by atoms with E-state index in [2.05, 4.69) is 5.32 Å². The molecule has 6 heteroatoms. The molecule has 1 aromatic rings. The minimum absolute atomic E-state index is 0.0271. The molecule has 1 atom stereocenters. The van der Waals surface area contributed by atoms with Crippen molar-refractivity contribution in [2.75, 3.05) is 7.11 Å². The predicted molar refractivity (Wildman–Crippen MR) is 76.1 cm³/mol. The summed E-state index contributed by atoms with van der Waals surface area (Å²) in [7, 11) is 1.53. The molecule has 0 aliphatic rings. The van der Waals surface area contributed by atoms with E-state index in [9.17, 15) is 9.59 Å². The van der Waals surface area contributed by atoms with Crippen molar-refractivity contribution in [1.29, 1.82) is 0 Å². The number of halogens is 1. The topological polar surface area (TPSA) is 75.6 Å². The summed E-state index contributed by atoms with van der Waals surface area (Å²) in [6.45, 7) is 3.47. The van der Waals surface area contributed by atoms with Gasteiger partial charge in [-0.2, -0.15) is 0 Å². The fraction of sp³-hybridized carbons (Fsp3) is 0.429. The number of carboxylic acid groups (broad SMARTS) is 1. The molecule has 1 amide bonds. The molecule has 0 saturated carbocycles. The number of carbonyl (C=O) groups is 2. The Morgan fingerprint density at radius 1 is 1.40 bits per heavy atom. The number of rotatable bonds is 6. The maximum Gasteiger partial charge on any atom is 0.326 e. The molecule has 0 spiro atoms. The average Bonchev–Trinajstić information content (AvgIpc) is 2.37. The Hall–Kier alpha value is -1.75. The van der Waals surface area contributed by atoms with Crippen LogP contribution < -0.4 is 10.1 Å². The van der Waals surface area contributed by atoms with Gasteiger partial charge in [0.15, 0.2) is 0 Å². The van der Waals surface area contributed by atoms with Gasteiger partial charge in [0, 0.05) is 5.02 Å². The molecular formula is C14H18ClNO4. The molecule has 5 nitrogen and oxygen atoms in total. The zero-order chi connectivity index (χ0) is 15.3. The number of aliphatic carboxylic acids is 1. The highest BCUT2D eigenvalue weighted by Gasteiger charge is 2.23. The summed E-state index contributed by atoms with van der Waals surface area (Å²) in [4.78, 5) is 22.9. The first kappa shape index (κ1) is 16.3. The first-order valence-electron chi connectivity index (χ1n) is 6.19. The molecule has 1 rings (SSSR count). The third-order valence-electron chi connectivity index (χ3n) is 2.86. The van der Waals surface area contributed by atoms with Crippen molar-refractivity contribution in [2.45, 2.75) is 26.3 Å². The molecule has 0 aromatic heterocycles. The minimum atomic E-state index is -1.05. The van der Waals surface area contributed by atoms with Crippen LogP contribution >= 0.6 is 11.6 Å². The van der Waals surface area contributed by atoms with Crippen LogP contribution in [0.4, 0.5) is 0 Å². The zero-order valence-corrected chi connectivity index (χ0v) is 12.4. The van der Waals surface area contributed by atoms with Crippen LogP contribution in [-0.4, -0.2) is 30.1 Å². The average molecular weight is 300 g/mol. The van der Waals surface area contributed by atoms with E-state index in [0.717, 1.165) is 0 Å². The van der Waals surface area contributed by atoms with Crippen molar-refractivity contribution in [3.05, 3.63) is 28.8 Å².